The summed E-state index contributed by atoms with van der Waals surface area (Å²) in [7, 11) is 0. The lowest BCUT2D eigenvalue weighted by molar-refractivity contribution is -0.137. The monoisotopic (exact) mass is 398 g/mol. The summed E-state index contributed by atoms with van der Waals surface area (Å²) in [6.45, 7) is 3.75. The molecular formula is C18H14ClF3N2OS. The lowest BCUT2D eigenvalue weighted by Gasteiger charge is -2.12. The number of thioether (sulfide) groups is 1. The molecule has 26 heavy (non-hydrogen) atoms. The van der Waals surface area contributed by atoms with Gasteiger partial charge in [-0.1, -0.05) is 29.3 Å². The molecule has 8 heteroatoms. The van der Waals surface area contributed by atoms with E-state index in [1.165, 1.54) is 23.9 Å². The van der Waals surface area contributed by atoms with Crippen LogP contribution in [0.2, 0.25) is 5.02 Å². The fourth-order valence-corrected chi connectivity index (χ4v) is 3.50. The highest BCUT2D eigenvalue weighted by molar-refractivity contribution is 7.99. The summed E-state index contributed by atoms with van der Waals surface area (Å²) >= 11 is 6.84. The van der Waals surface area contributed by atoms with Gasteiger partial charge >= 0.3 is 6.18 Å². The summed E-state index contributed by atoms with van der Waals surface area (Å²) in [5.41, 5.74) is 1.000. The molecule has 0 aliphatic carbocycles. The standard InChI is InChI=1S/C18H14ClF3N2OS/c1-10-4-3-5-12(8-10)17-24-23-16(25-17)11(2)26-13-6-7-15(19)14(9-13)18(20,21)22/h3-9,11H,1-2H3/t11-/m1/s1. The Morgan fingerprint density at radius 3 is 2.58 bits per heavy atom. The molecule has 0 N–H and O–H groups in total. The quantitative estimate of drug-likeness (QED) is 0.466. The summed E-state index contributed by atoms with van der Waals surface area (Å²) in [4.78, 5) is 0.421. The predicted octanol–water partition coefficient (Wildman–Crippen LogP) is 6.57. The van der Waals surface area contributed by atoms with Crippen molar-refractivity contribution in [1.29, 1.82) is 0 Å². The second kappa shape index (κ2) is 7.32. The summed E-state index contributed by atoms with van der Waals surface area (Å²) < 4.78 is 44.6. The number of aryl methyl sites for hydroxylation is 1. The SMILES string of the molecule is Cc1cccc(-c2nnc([C@@H](C)Sc3ccc(Cl)c(C(F)(F)F)c3)o2)c1. The lowest BCUT2D eigenvalue weighted by Crippen LogP contribution is -2.05. The number of rotatable bonds is 4. The molecule has 0 bridgehead atoms. The molecule has 0 saturated heterocycles. The maximum Gasteiger partial charge on any atom is 0.417 e. The molecule has 1 aromatic heterocycles. The third kappa shape index (κ3) is 4.22. The number of aromatic nitrogens is 2. The van der Waals surface area contributed by atoms with Gasteiger partial charge < -0.3 is 4.42 Å². The zero-order chi connectivity index (χ0) is 18.9. The molecule has 0 aliphatic rings. The first-order chi connectivity index (χ1) is 12.2. The van der Waals surface area contributed by atoms with Crippen LogP contribution in [0.4, 0.5) is 13.2 Å². The third-order valence-corrected chi connectivity index (χ3v) is 5.02. The van der Waals surface area contributed by atoms with E-state index < -0.39 is 11.7 Å². The number of benzene rings is 2. The molecule has 1 atom stereocenters. The molecule has 1 heterocycles. The van der Waals surface area contributed by atoms with E-state index in [9.17, 15) is 13.2 Å². The predicted molar refractivity (Wildman–Crippen MR) is 95.2 cm³/mol. The Hall–Kier alpha value is -1.99. The smallest absolute Gasteiger partial charge is 0.417 e. The van der Waals surface area contributed by atoms with Gasteiger partial charge in [-0.05, 0) is 44.2 Å². The Balaban J connectivity index is 1.80. The van der Waals surface area contributed by atoms with Gasteiger partial charge in [-0.25, -0.2) is 0 Å². The zero-order valence-electron chi connectivity index (χ0n) is 13.8. The van der Waals surface area contributed by atoms with Gasteiger partial charge in [0, 0.05) is 10.5 Å². The number of halogens is 4. The second-order valence-electron chi connectivity index (χ2n) is 5.71. The molecule has 0 radical (unpaired) electrons. The van der Waals surface area contributed by atoms with Crippen LogP contribution in [0.25, 0.3) is 11.5 Å². The first-order valence-electron chi connectivity index (χ1n) is 7.68. The van der Waals surface area contributed by atoms with Crippen LogP contribution in [0, 0.1) is 6.92 Å². The highest BCUT2D eigenvalue weighted by Crippen LogP contribution is 2.40. The Morgan fingerprint density at radius 2 is 1.88 bits per heavy atom. The number of nitrogens with zero attached hydrogens (tertiary/aromatic N) is 2. The Labute approximate surface area is 157 Å². The molecule has 3 nitrogen and oxygen atoms in total. The largest absolute Gasteiger partial charge is 0.419 e. The van der Waals surface area contributed by atoms with Gasteiger partial charge in [0.25, 0.3) is 0 Å². The van der Waals surface area contributed by atoms with Crippen LogP contribution in [0.15, 0.2) is 51.8 Å². The topological polar surface area (TPSA) is 38.9 Å². The van der Waals surface area contributed by atoms with Crippen molar-refractivity contribution in [3.8, 4) is 11.5 Å². The summed E-state index contributed by atoms with van der Waals surface area (Å²) in [5.74, 6) is 0.721. The maximum absolute atomic E-state index is 13.0. The average molecular weight is 399 g/mol. The van der Waals surface area contributed by atoms with Crippen molar-refractivity contribution >= 4 is 23.4 Å². The summed E-state index contributed by atoms with van der Waals surface area (Å²) in [5, 5.41) is 7.41. The highest BCUT2D eigenvalue weighted by Gasteiger charge is 2.33. The second-order valence-corrected chi connectivity index (χ2v) is 7.54. The van der Waals surface area contributed by atoms with E-state index in [0.717, 1.165) is 17.2 Å². The fraction of sp³-hybridized carbons (Fsp3) is 0.222. The van der Waals surface area contributed by atoms with Gasteiger partial charge in [-0.3, -0.25) is 0 Å². The van der Waals surface area contributed by atoms with Gasteiger partial charge in [0.15, 0.2) is 0 Å². The Kier molecular flexibility index (Phi) is 5.29. The number of hydrogen-bond acceptors (Lipinski definition) is 4. The molecule has 0 saturated carbocycles. The summed E-state index contributed by atoms with van der Waals surface area (Å²) in [6.07, 6.45) is -4.50. The van der Waals surface area contributed by atoms with Crippen LogP contribution >= 0.6 is 23.4 Å². The molecular weight excluding hydrogens is 385 g/mol. The minimum absolute atomic E-state index is 0.316. The number of hydrogen-bond donors (Lipinski definition) is 0. The van der Waals surface area contributed by atoms with Crippen molar-refractivity contribution < 1.29 is 17.6 Å². The molecule has 0 aliphatic heterocycles. The van der Waals surface area contributed by atoms with E-state index in [4.69, 9.17) is 16.0 Å². The lowest BCUT2D eigenvalue weighted by atomic mass is 10.1. The van der Waals surface area contributed by atoms with E-state index >= 15 is 0 Å². The highest BCUT2D eigenvalue weighted by atomic mass is 35.5. The van der Waals surface area contributed by atoms with Crippen LogP contribution in [-0.4, -0.2) is 10.2 Å². The van der Waals surface area contributed by atoms with E-state index in [1.54, 1.807) is 6.92 Å². The molecule has 0 fully saturated rings. The van der Waals surface area contributed by atoms with E-state index in [2.05, 4.69) is 10.2 Å². The van der Waals surface area contributed by atoms with Crippen LogP contribution in [0.5, 0.6) is 0 Å². The van der Waals surface area contributed by atoms with Crippen molar-refractivity contribution in [3.05, 3.63) is 64.5 Å². The van der Waals surface area contributed by atoms with Gasteiger partial charge in [-0.2, -0.15) is 13.2 Å². The minimum atomic E-state index is -4.50. The van der Waals surface area contributed by atoms with Gasteiger partial charge in [0.05, 0.1) is 15.8 Å². The third-order valence-electron chi connectivity index (χ3n) is 3.61. The van der Waals surface area contributed by atoms with Crippen molar-refractivity contribution in [3.63, 3.8) is 0 Å². The van der Waals surface area contributed by atoms with Crippen LogP contribution in [-0.2, 0) is 6.18 Å². The molecule has 136 valence electrons. The molecule has 3 aromatic rings. The average Bonchev–Trinajstić information content (AvgIpc) is 3.06. The Morgan fingerprint density at radius 1 is 1.12 bits per heavy atom. The van der Waals surface area contributed by atoms with Crippen LogP contribution in [0.3, 0.4) is 0 Å². The number of alkyl halides is 3. The molecule has 0 spiro atoms. The molecule has 0 unspecified atom stereocenters. The van der Waals surface area contributed by atoms with Gasteiger partial charge in [0.1, 0.15) is 0 Å². The van der Waals surface area contributed by atoms with Crippen molar-refractivity contribution in [2.24, 2.45) is 0 Å². The zero-order valence-corrected chi connectivity index (χ0v) is 15.4. The first kappa shape index (κ1) is 18.8. The normalized spacial score (nSPS) is 13.0. The van der Waals surface area contributed by atoms with Gasteiger partial charge in [0.2, 0.25) is 11.8 Å². The van der Waals surface area contributed by atoms with Crippen molar-refractivity contribution in [2.75, 3.05) is 0 Å². The molecule has 0 amide bonds. The first-order valence-corrected chi connectivity index (χ1v) is 8.93. The van der Waals surface area contributed by atoms with Crippen molar-refractivity contribution in [1.82, 2.24) is 10.2 Å². The minimum Gasteiger partial charge on any atom is -0.419 e. The Bertz CT molecular complexity index is 927. The van der Waals surface area contributed by atoms with Crippen LogP contribution in [0.1, 0.15) is 29.2 Å². The van der Waals surface area contributed by atoms with Crippen LogP contribution < -0.4 is 0 Å². The van der Waals surface area contributed by atoms with Gasteiger partial charge in [-0.15, -0.1) is 22.0 Å². The maximum atomic E-state index is 13.0. The molecule has 3 rings (SSSR count). The van der Waals surface area contributed by atoms with E-state index in [1.807, 2.05) is 31.2 Å². The van der Waals surface area contributed by atoms with Crippen molar-refractivity contribution in [2.45, 2.75) is 30.2 Å². The summed E-state index contributed by atoms with van der Waals surface area (Å²) in [6, 6.07) is 11.4. The molecule has 2 aromatic carbocycles. The van der Waals surface area contributed by atoms with E-state index in [0.29, 0.717) is 16.7 Å². The fourth-order valence-electron chi connectivity index (χ4n) is 2.34. The van der Waals surface area contributed by atoms with E-state index in [-0.39, 0.29) is 10.3 Å².